The molecule has 0 aliphatic heterocycles. The van der Waals surface area contributed by atoms with Crippen LogP contribution < -0.4 is 5.32 Å². The number of halogens is 1. The van der Waals surface area contributed by atoms with Crippen molar-refractivity contribution < 1.29 is 13.2 Å². The summed E-state index contributed by atoms with van der Waals surface area (Å²) < 4.78 is 25.9. The van der Waals surface area contributed by atoms with Gasteiger partial charge in [0.1, 0.15) is 0 Å². The number of para-hydroxylation sites is 1. The highest BCUT2D eigenvalue weighted by Gasteiger charge is 2.52. The number of anilines is 1. The minimum Gasteiger partial charge on any atom is -0.324 e. The number of hydrogen-bond acceptors (Lipinski definition) is 3. The summed E-state index contributed by atoms with van der Waals surface area (Å²) in [5, 5.41) is 2.84. The maximum Gasteiger partial charge on any atom is 0.246 e. The zero-order valence-electron chi connectivity index (χ0n) is 13.0. The predicted molar refractivity (Wildman–Crippen MR) is 103 cm³/mol. The Hall–Kier alpha value is -1.41. The van der Waals surface area contributed by atoms with E-state index in [0.29, 0.717) is 18.5 Å². The summed E-state index contributed by atoms with van der Waals surface area (Å²) in [7, 11) is -3.75. The molecule has 0 aromatic heterocycles. The SMILES string of the molecule is O=C(Nc1ccccc1I)C1(S(=O)(=O)c2ccccc2)CCCC1. The van der Waals surface area contributed by atoms with Crippen LogP contribution in [0.3, 0.4) is 0 Å². The number of carbonyl (C=O) groups is 1. The van der Waals surface area contributed by atoms with E-state index in [1.54, 1.807) is 36.4 Å². The molecule has 2 aromatic carbocycles. The zero-order chi connectivity index (χ0) is 17.2. The fourth-order valence-electron chi connectivity index (χ4n) is 3.19. The van der Waals surface area contributed by atoms with Gasteiger partial charge in [0.15, 0.2) is 14.6 Å². The van der Waals surface area contributed by atoms with Gasteiger partial charge in [-0.2, -0.15) is 0 Å². The van der Waals surface area contributed by atoms with Crippen molar-refractivity contribution in [1.82, 2.24) is 0 Å². The number of amides is 1. The Morgan fingerprint density at radius 1 is 0.958 bits per heavy atom. The molecule has 0 saturated heterocycles. The van der Waals surface area contributed by atoms with Gasteiger partial charge in [-0.15, -0.1) is 0 Å². The highest BCUT2D eigenvalue weighted by molar-refractivity contribution is 14.1. The van der Waals surface area contributed by atoms with Crippen LogP contribution in [0.5, 0.6) is 0 Å². The lowest BCUT2D eigenvalue weighted by Gasteiger charge is -2.28. The number of nitrogens with one attached hydrogen (secondary N) is 1. The second-order valence-electron chi connectivity index (χ2n) is 5.95. The Labute approximate surface area is 155 Å². The molecule has 0 radical (unpaired) electrons. The fraction of sp³-hybridized carbons (Fsp3) is 0.278. The molecule has 0 heterocycles. The van der Waals surface area contributed by atoms with Crippen molar-refractivity contribution in [1.29, 1.82) is 0 Å². The summed E-state index contributed by atoms with van der Waals surface area (Å²) in [5.74, 6) is -0.423. The first kappa shape index (κ1) is 17.4. The molecular formula is C18H18INO3S. The van der Waals surface area contributed by atoms with Crippen molar-refractivity contribution in [3.05, 3.63) is 58.2 Å². The lowest BCUT2D eigenvalue weighted by molar-refractivity contribution is -0.118. The Bertz CT molecular complexity index is 844. The van der Waals surface area contributed by atoms with Gasteiger partial charge < -0.3 is 5.32 Å². The molecule has 2 aromatic rings. The van der Waals surface area contributed by atoms with Crippen molar-refractivity contribution in [2.75, 3.05) is 5.32 Å². The smallest absolute Gasteiger partial charge is 0.246 e. The summed E-state index contributed by atoms with van der Waals surface area (Å²) in [6.45, 7) is 0. The van der Waals surface area contributed by atoms with Crippen molar-refractivity contribution in [3.63, 3.8) is 0 Å². The molecule has 0 atom stereocenters. The summed E-state index contributed by atoms with van der Waals surface area (Å²) in [4.78, 5) is 13.2. The average Bonchev–Trinajstić information content (AvgIpc) is 3.09. The van der Waals surface area contributed by atoms with Crippen LogP contribution in [-0.4, -0.2) is 19.1 Å². The van der Waals surface area contributed by atoms with Gasteiger partial charge in [-0.05, 0) is 59.7 Å². The fourth-order valence-corrected chi connectivity index (χ4v) is 5.80. The molecule has 0 unspecified atom stereocenters. The van der Waals surface area contributed by atoms with Gasteiger partial charge in [0.05, 0.1) is 10.6 Å². The molecule has 0 bridgehead atoms. The highest BCUT2D eigenvalue weighted by Crippen LogP contribution is 2.41. The molecule has 24 heavy (non-hydrogen) atoms. The number of carbonyl (C=O) groups excluding carboxylic acids is 1. The largest absolute Gasteiger partial charge is 0.324 e. The molecule has 4 nitrogen and oxygen atoms in total. The number of sulfone groups is 1. The predicted octanol–water partition coefficient (Wildman–Crippen LogP) is 4.02. The second kappa shape index (κ2) is 6.84. The van der Waals surface area contributed by atoms with Crippen LogP contribution >= 0.6 is 22.6 Å². The topological polar surface area (TPSA) is 63.2 Å². The van der Waals surface area contributed by atoms with E-state index in [1.165, 1.54) is 0 Å². The summed E-state index contributed by atoms with van der Waals surface area (Å²) >= 11 is 2.13. The van der Waals surface area contributed by atoms with E-state index < -0.39 is 20.5 Å². The number of benzene rings is 2. The number of hydrogen-bond donors (Lipinski definition) is 1. The van der Waals surface area contributed by atoms with Crippen LogP contribution in [0.15, 0.2) is 59.5 Å². The first-order valence-electron chi connectivity index (χ1n) is 7.83. The molecule has 1 aliphatic rings. The maximum absolute atomic E-state index is 13.2. The van der Waals surface area contributed by atoms with Crippen molar-refractivity contribution in [2.45, 2.75) is 35.3 Å². The monoisotopic (exact) mass is 455 g/mol. The van der Waals surface area contributed by atoms with Gasteiger partial charge in [-0.25, -0.2) is 8.42 Å². The van der Waals surface area contributed by atoms with E-state index in [9.17, 15) is 13.2 Å². The third-order valence-electron chi connectivity index (χ3n) is 4.52. The maximum atomic E-state index is 13.2. The third-order valence-corrected chi connectivity index (χ3v) is 7.97. The molecule has 1 saturated carbocycles. The zero-order valence-corrected chi connectivity index (χ0v) is 16.0. The molecule has 1 amide bonds. The minimum absolute atomic E-state index is 0.213. The molecule has 1 aliphatic carbocycles. The standard InChI is InChI=1S/C18H18INO3S/c19-15-10-4-5-11-16(15)20-17(21)18(12-6-7-13-18)24(22,23)14-8-2-1-3-9-14/h1-5,8-11H,6-7,12-13H2,(H,20,21). The van der Waals surface area contributed by atoms with Crippen LogP contribution in [0.4, 0.5) is 5.69 Å². The van der Waals surface area contributed by atoms with E-state index in [2.05, 4.69) is 27.9 Å². The summed E-state index contributed by atoms with van der Waals surface area (Å²) in [6.07, 6.45) is 2.20. The van der Waals surface area contributed by atoms with Crippen molar-refractivity contribution in [3.8, 4) is 0 Å². The van der Waals surface area contributed by atoms with Crippen molar-refractivity contribution >= 4 is 44.0 Å². The van der Waals surface area contributed by atoms with Crippen LogP contribution in [-0.2, 0) is 14.6 Å². The van der Waals surface area contributed by atoms with Gasteiger partial charge in [-0.3, -0.25) is 4.79 Å². The molecule has 0 spiro atoms. The molecule has 6 heteroatoms. The Morgan fingerprint density at radius 3 is 2.17 bits per heavy atom. The lowest BCUT2D eigenvalue weighted by Crippen LogP contribution is -2.47. The second-order valence-corrected chi connectivity index (χ2v) is 9.37. The quantitative estimate of drug-likeness (QED) is 0.709. The van der Waals surface area contributed by atoms with Crippen LogP contribution in [0.1, 0.15) is 25.7 Å². The van der Waals surface area contributed by atoms with E-state index in [-0.39, 0.29) is 4.90 Å². The number of rotatable bonds is 4. The van der Waals surface area contributed by atoms with E-state index in [4.69, 9.17) is 0 Å². The van der Waals surface area contributed by atoms with E-state index in [0.717, 1.165) is 16.4 Å². The van der Waals surface area contributed by atoms with Gasteiger partial charge in [0.25, 0.3) is 0 Å². The minimum atomic E-state index is -3.75. The molecule has 1 fully saturated rings. The molecule has 1 N–H and O–H groups in total. The summed E-state index contributed by atoms with van der Waals surface area (Å²) in [6, 6.07) is 15.6. The Morgan fingerprint density at radius 2 is 1.54 bits per heavy atom. The first-order valence-corrected chi connectivity index (χ1v) is 10.4. The van der Waals surface area contributed by atoms with Gasteiger partial charge in [-0.1, -0.05) is 43.2 Å². The first-order chi connectivity index (χ1) is 11.5. The van der Waals surface area contributed by atoms with Gasteiger partial charge in [0.2, 0.25) is 5.91 Å². The van der Waals surface area contributed by atoms with Gasteiger partial charge in [0, 0.05) is 3.57 Å². The highest BCUT2D eigenvalue weighted by atomic mass is 127. The lowest BCUT2D eigenvalue weighted by atomic mass is 10.1. The normalized spacial score (nSPS) is 16.7. The average molecular weight is 455 g/mol. The van der Waals surface area contributed by atoms with Crippen LogP contribution in [0.25, 0.3) is 0 Å². The van der Waals surface area contributed by atoms with Gasteiger partial charge >= 0.3 is 0 Å². The summed E-state index contributed by atoms with van der Waals surface area (Å²) in [5.41, 5.74) is 0.651. The third kappa shape index (κ3) is 2.97. The Balaban J connectivity index is 2.00. The van der Waals surface area contributed by atoms with Crippen LogP contribution in [0, 0.1) is 3.57 Å². The molecule has 126 valence electrons. The van der Waals surface area contributed by atoms with Crippen molar-refractivity contribution in [2.24, 2.45) is 0 Å². The van der Waals surface area contributed by atoms with E-state index in [1.807, 2.05) is 18.2 Å². The van der Waals surface area contributed by atoms with E-state index >= 15 is 0 Å². The van der Waals surface area contributed by atoms with Crippen LogP contribution in [0.2, 0.25) is 0 Å². The Kier molecular flexibility index (Phi) is 4.96. The molecular weight excluding hydrogens is 437 g/mol. The molecule has 3 rings (SSSR count).